The summed E-state index contributed by atoms with van der Waals surface area (Å²) < 4.78 is 0. The van der Waals surface area contributed by atoms with Gasteiger partial charge in [-0.2, -0.15) is 0 Å². The van der Waals surface area contributed by atoms with Crippen molar-refractivity contribution in [1.82, 2.24) is 15.6 Å². The van der Waals surface area contributed by atoms with Crippen LogP contribution in [0.25, 0.3) is 0 Å². The van der Waals surface area contributed by atoms with Crippen LogP contribution in [0.15, 0.2) is 5.38 Å². The lowest BCUT2D eigenvalue weighted by Gasteiger charge is -2.25. The maximum Gasteiger partial charge on any atom is 0.226 e. The fraction of sp³-hybridized carbons (Fsp3) is 0.636. The lowest BCUT2D eigenvalue weighted by Crippen LogP contribution is -2.50. The molecule has 1 aliphatic heterocycles. The molecule has 2 N–H and O–H groups in total. The summed E-state index contributed by atoms with van der Waals surface area (Å²) in [4.78, 5) is 16.0. The van der Waals surface area contributed by atoms with Gasteiger partial charge in [0.15, 0.2) is 0 Å². The van der Waals surface area contributed by atoms with Gasteiger partial charge >= 0.3 is 0 Å². The lowest BCUT2D eigenvalue weighted by atomic mass is 10.0. The van der Waals surface area contributed by atoms with Crippen LogP contribution in [-0.2, 0) is 11.3 Å². The van der Waals surface area contributed by atoms with Crippen molar-refractivity contribution in [2.24, 2.45) is 5.92 Å². The van der Waals surface area contributed by atoms with E-state index in [4.69, 9.17) is 0 Å². The van der Waals surface area contributed by atoms with Crippen molar-refractivity contribution in [1.29, 1.82) is 0 Å². The van der Waals surface area contributed by atoms with Crippen LogP contribution >= 0.6 is 11.3 Å². The Morgan fingerprint density at radius 3 is 2.94 bits per heavy atom. The zero-order valence-corrected chi connectivity index (χ0v) is 10.4. The number of nitrogens with one attached hydrogen (secondary N) is 2. The molecule has 4 nitrogen and oxygen atoms in total. The molecule has 2 heterocycles. The van der Waals surface area contributed by atoms with E-state index in [1.807, 2.05) is 0 Å². The monoisotopic (exact) mass is 239 g/mol. The van der Waals surface area contributed by atoms with Crippen LogP contribution in [0.2, 0.25) is 0 Å². The molecule has 1 aromatic rings. The molecule has 1 amide bonds. The normalized spacial score (nSPS) is 16.2. The highest BCUT2D eigenvalue weighted by Gasteiger charge is 2.24. The van der Waals surface area contributed by atoms with E-state index >= 15 is 0 Å². The first-order valence-electron chi connectivity index (χ1n) is 5.59. The predicted octanol–water partition coefficient (Wildman–Crippen LogP) is 1.10. The van der Waals surface area contributed by atoms with Crippen molar-refractivity contribution in [3.63, 3.8) is 0 Å². The van der Waals surface area contributed by atoms with E-state index in [1.165, 1.54) is 0 Å². The van der Waals surface area contributed by atoms with Crippen LogP contribution in [0.4, 0.5) is 0 Å². The van der Waals surface area contributed by atoms with Gasteiger partial charge in [0.1, 0.15) is 5.01 Å². The highest BCUT2D eigenvalue weighted by atomic mass is 32.1. The quantitative estimate of drug-likeness (QED) is 0.827. The molecule has 0 atom stereocenters. The average Bonchev–Trinajstić information content (AvgIpc) is 2.60. The second-order valence-corrected chi connectivity index (χ2v) is 5.34. The first-order valence-corrected chi connectivity index (χ1v) is 6.47. The van der Waals surface area contributed by atoms with Crippen molar-refractivity contribution < 1.29 is 4.79 Å². The molecule has 0 spiro atoms. The molecule has 1 saturated heterocycles. The van der Waals surface area contributed by atoms with Gasteiger partial charge in [0.05, 0.1) is 18.2 Å². The molecule has 1 fully saturated rings. The van der Waals surface area contributed by atoms with Crippen LogP contribution in [0.1, 0.15) is 30.5 Å². The first-order chi connectivity index (χ1) is 7.66. The van der Waals surface area contributed by atoms with E-state index in [-0.39, 0.29) is 11.8 Å². The van der Waals surface area contributed by atoms with Crippen molar-refractivity contribution in [2.75, 3.05) is 13.1 Å². The largest absolute Gasteiger partial charge is 0.349 e. The second kappa shape index (κ2) is 4.93. The van der Waals surface area contributed by atoms with Gasteiger partial charge in [0.2, 0.25) is 5.91 Å². The third kappa shape index (κ3) is 2.59. The fourth-order valence-corrected chi connectivity index (χ4v) is 2.35. The molecule has 88 valence electrons. The standard InChI is InChI=1S/C11H17N3OS/c1-7(2)9-6-16-10(14-9)5-13-11(15)8-3-12-4-8/h6-8,12H,3-5H2,1-2H3,(H,13,15). The molecule has 16 heavy (non-hydrogen) atoms. The van der Waals surface area contributed by atoms with Crippen molar-refractivity contribution in [3.8, 4) is 0 Å². The smallest absolute Gasteiger partial charge is 0.226 e. The molecular weight excluding hydrogens is 222 g/mol. The molecule has 1 aliphatic rings. The van der Waals surface area contributed by atoms with E-state index in [9.17, 15) is 4.79 Å². The minimum Gasteiger partial charge on any atom is -0.349 e. The molecule has 0 saturated carbocycles. The Hall–Kier alpha value is -0.940. The molecule has 2 rings (SSSR count). The van der Waals surface area contributed by atoms with Crippen LogP contribution in [0.3, 0.4) is 0 Å². The number of thiazole rings is 1. The van der Waals surface area contributed by atoms with Gasteiger partial charge in [-0.25, -0.2) is 4.98 Å². The van der Waals surface area contributed by atoms with Gasteiger partial charge in [0.25, 0.3) is 0 Å². The number of amides is 1. The van der Waals surface area contributed by atoms with Gasteiger partial charge in [-0.05, 0) is 5.92 Å². The average molecular weight is 239 g/mol. The predicted molar refractivity (Wildman–Crippen MR) is 64.4 cm³/mol. The summed E-state index contributed by atoms with van der Waals surface area (Å²) in [5, 5.41) is 9.06. The zero-order valence-electron chi connectivity index (χ0n) is 9.62. The maximum atomic E-state index is 11.6. The minimum atomic E-state index is 0.139. The molecule has 1 aromatic heterocycles. The summed E-state index contributed by atoms with van der Waals surface area (Å²) in [5.41, 5.74) is 1.11. The van der Waals surface area contributed by atoms with Gasteiger partial charge in [-0.3, -0.25) is 4.79 Å². The molecule has 5 heteroatoms. The topological polar surface area (TPSA) is 54.0 Å². The zero-order chi connectivity index (χ0) is 11.5. The lowest BCUT2D eigenvalue weighted by molar-refractivity contribution is -0.126. The van der Waals surface area contributed by atoms with Crippen LogP contribution in [-0.4, -0.2) is 24.0 Å². The van der Waals surface area contributed by atoms with E-state index in [0.29, 0.717) is 12.5 Å². The van der Waals surface area contributed by atoms with E-state index in [2.05, 4.69) is 34.8 Å². The first kappa shape index (κ1) is 11.5. The second-order valence-electron chi connectivity index (χ2n) is 4.39. The summed E-state index contributed by atoms with van der Waals surface area (Å²) >= 11 is 1.62. The molecule has 0 aliphatic carbocycles. The number of hydrogen-bond acceptors (Lipinski definition) is 4. The highest BCUT2D eigenvalue weighted by molar-refractivity contribution is 7.09. The van der Waals surface area contributed by atoms with Crippen LogP contribution < -0.4 is 10.6 Å². The number of rotatable bonds is 4. The van der Waals surface area contributed by atoms with Gasteiger partial charge in [0, 0.05) is 18.5 Å². The summed E-state index contributed by atoms with van der Waals surface area (Å²) in [7, 11) is 0. The fourth-order valence-electron chi connectivity index (χ4n) is 1.45. The van der Waals surface area contributed by atoms with Crippen molar-refractivity contribution >= 4 is 17.2 Å². The summed E-state index contributed by atoms with van der Waals surface area (Å²) in [6.07, 6.45) is 0. The Balaban J connectivity index is 1.82. The van der Waals surface area contributed by atoms with Crippen molar-refractivity contribution in [2.45, 2.75) is 26.3 Å². The Morgan fingerprint density at radius 1 is 1.69 bits per heavy atom. The summed E-state index contributed by atoms with van der Waals surface area (Å²) in [5.74, 6) is 0.751. The molecule has 0 bridgehead atoms. The number of nitrogens with zero attached hydrogens (tertiary/aromatic N) is 1. The Kier molecular flexibility index (Phi) is 3.56. The molecular formula is C11H17N3OS. The number of carbonyl (C=O) groups excluding carboxylic acids is 1. The highest BCUT2D eigenvalue weighted by Crippen LogP contribution is 2.17. The van der Waals surface area contributed by atoms with Crippen LogP contribution in [0, 0.1) is 5.92 Å². The molecule has 0 radical (unpaired) electrons. The Morgan fingerprint density at radius 2 is 2.44 bits per heavy atom. The third-order valence-corrected chi connectivity index (χ3v) is 3.59. The van der Waals surface area contributed by atoms with E-state index in [0.717, 1.165) is 23.8 Å². The number of carbonyl (C=O) groups is 1. The Labute approximate surface area is 99.5 Å². The van der Waals surface area contributed by atoms with Crippen molar-refractivity contribution in [3.05, 3.63) is 16.1 Å². The van der Waals surface area contributed by atoms with Gasteiger partial charge < -0.3 is 10.6 Å². The Bertz CT molecular complexity index is 371. The summed E-state index contributed by atoms with van der Waals surface area (Å²) in [6, 6.07) is 0. The van der Waals surface area contributed by atoms with Gasteiger partial charge in [-0.15, -0.1) is 11.3 Å². The maximum absolute atomic E-state index is 11.6. The van der Waals surface area contributed by atoms with E-state index in [1.54, 1.807) is 11.3 Å². The minimum absolute atomic E-state index is 0.139. The third-order valence-electron chi connectivity index (χ3n) is 2.73. The molecule has 0 aromatic carbocycles. The van der Waals surface area contributed by atoms with Gasteiger partial charge in [-0.1, -0.05) is 13.8 Å². The van der Waals surface area contributed by atoms with E-state index < -0.39 is 0 Å². The SMILES string of the molecule is CC(C)c1csc(CNC(=O)C2CNC2)n1. The number of hydrogen-bond donors (Lipinski definition) is 2. The molecule has 0 unspecified atom stereocenters. The van der Waals surface area contributed by atoms with Crippen LogP contribution in [0.5, 0.6) is 0 Å². The summed E-state index contributed by atoms with van der Waals surface area (Å²) in [6.45, 7) is 6.42. The number of aromatic nitrogens is 1.